The van der Waals surface area contributed by atoms with Crippen LogP contribution in [0.25, 0.3) is 0 Å². The molecule has 1 heteroatoms. The molecule has 0 aromatic carbocycles. The summed E-state index contributed by atoms with van der Waals surface area (Å²) in [4.78, 5) is 0. The summed E-state index contributed by atoms with van der Waals surface area (Å²) in [5.74, 6) is 0. The Kier molecular flexibility index (Phi) is 400. The molecule has 0 spiro atoms. The molecule has 0 rings (SSSR count). The molecule has 0 saturated carbocycles. The zero-order chi connectivity index (χ0) is 4.71. The molecule has 0 aromatic heterocycles. The van der Waals surface area contributed by atoms with Crippen molar-refractivity contribution in [1.82, 2.24) is 0 Å². The van der Waals surface area contributed by atoms with Crippen LogP contribution in [0.3, 0.4) is 0 Å². The smallest absolute Gasteiger partial charge is 0.0768 e. The lowest BCUT2D eigenvalue weighted by Crippen LogP contribution is -1.30. The maximum absolute atomic E-state index is 3.00. The lowest BCUT2D eigenvalue weighted by Gasteiger charge is -1.34. The molecule has 4 radical (unpaired) electrons. The zero-order valence-electron chi connectivity index (χ0n) is 4.57. The molecule has 0 saturated heterocycles. The van der Waals surface area contributed by atoms with Crippen LogP contribution < -0.4 is 0 Å². The van der Waals surface area contributed by atoms with Crippen molar-refractivity contribution in [3.8, 4) is 0 Å². The molecule has 0 aliphatic heterocycles. The van der Waals surface area contributed by atoms with Crippen LogP contribution in [-0.4, -0.2) is 8.41 Å². The highest BCUT2D eigenvalue weighted by molar-refractivity contribution is 5.75. The standard InChI is InChI=1S/C3H7.C2H4.B/c1-3-2;1-2;/h3H,1-2H3;1-2H2;/q+1;;-1. The Morgan fingerprint density at radius 2 is 1.17 bits per heavy atom. The van der Waals surface area contributed by atoms with Gasteiger partial charge in [0, 0.05) is 0 Å². The lowest BCUT2D eigenvalue weighted by atomic mass is 10.6. The molecule has 0 heterocycles. The third-order valence-electron chi connectivity index (χ3n) is 0. The number of rotatable bonds is 0. The van der Waals surface area contributed by atoms with E-state index in [2.05, 4.69) is 13.2 Å². The maximum Gasteiger partial charge on any atom is 0.0768 e. The van der Waals surface area contributed by atoms with Crippen molar-refractivity contribution >= 4 is 8.41 Å². The summed E-state index contributed by atoms with van der Waals surface area (Å²) in [6.45, 7) is 10.0. The highest BCUT2D eigenvalue weighted by Gasteiger charge is 1.49. The van der Waals surface area contributed by atoms with Crippen LogP contribution in [-0.2, 0) is 0 Å². The summed E-state index contributed by atoms with van der Waals surface area (Å²) in [6, 6.07) is 0. The molecule has 0 aromatic rings. The Bertz CT molecular complexity index is 7.90. The summed E-state index contributed by atoms with van der Waals surface area (Å²) in [5.41, 5.74) is 0. The first kappa shape index (κ1) is 17.3. The van der Waals surface area contributed by atoms with E-state index < -0.39 is 0 Å². The summed E-state index contributed by atoms with van der Waals surface area (Å²) in [7, 11) is 0. The van der Waals surface area contributed by atoms with Gasteiger partial charge < -0.3 is 8.41 Å². The Balaban J connectivity index is -0.0000000275. The summed E-state index contributed by atoms with van der Waals surface area (Å²) in [5, 5.41) is 0. The van der Waals surface area contributed by atoms with Crippen molar-refractivity contribution in [3.05, 3.63) is 19.6 Å². The van der Waals surface area contributed by atoms with Gasteiger partial charge in [-0.1, -0.05) is 0 Å². The Hall–Kier alpha value is -0.325. The topological polar surface area (TPSA) is 0 Å². The molecule has 6 heavy (non-hydrogen) atoms. The van der Waals surface area contributed by atoms with Crippen LogP contribution in [0.15, 0.2) is 13.2 Å². The molecule has 0 aliphatic rings. The van der Waals surface area contributed by atoms with Crippen LogP contribution >= 0.6 is 0 Å². The van der Waals surface area contributed by atoms with Crippen molar-refractivity contribution in [1.29, 1.82) is 0 Å². The fourth-order valence-corrected chi connectivity index (χ4v) is 0. The second-order valence-corrected chi connectivity index (χ2v) is 0.577. The molecule has 0 atom stereocenters. The predicted octanol–water partition coefficient (Wildman–Crippen LogP) is 1.65. The van der Waals surface area contributed by atoms with E-state index in [1.165, 1.54) is 0 Å². The fraction of sp³-hybridized carbons (Fsp3) is 0.400. The van der Waals surface area contributed by atoms with Gasteiger partial charge in [0.05, 0.1) is 20.3 Å². The average Bonchev–Trinajstić information content (AvgIpc) is 1.46. The largest absolute Gasteiger partial charge is 1.00 e. The van der Waals surface area contributed by atoms with Gasteiger partial charge in [0.2, 0.25) is 0 Å². The second-order valence-electron chi connectivity index (χ2n) is 0.577. The highest BCUT2D eigenvalue weighted by atomic mass is 13.4. The third kappa shape index (κ3) is 249. The predicted molar refractivity (Wildman–Crippen MR) is 32.7 cm³/mol. The van der Waals surface area contributed by atoms with Gasteiger partial charge in [0.1, 0.15) is 0 Å². The SMILES string of the molecule is C=C.C[CH+]C.[B-]. The Morgan fingerprint density at radius 1 is 1.17 bits per heavy atom. The molecule has 0 bridgehead atoms. The van der Waals surface area contributed by atoms with Gasteiger partial charge in [0.15, 0.2) is 0 Å². The normalized spacial score (nSPS) is 3.00. The molecule has 0 aliphatic carbocycles. The second kappa shape index (κ2) is 139. The lowest BCUT2D eigenvalue weighted by molar-refractivity contribution is 1.41. The van der Waals surface area contributed by atoms with Crippen LogP contribution in [0.2, 0.25) is 0 Å². The summed E-state index contributed by atoms with van der Waals surface area (Å²) < 4.78 is 0. The fourth-order valence-electron chi connectivity index (χ4n) is 0. The molecule has 34 valence electrons. The van der Waals surface area contributed by atoms with Crippen LogP contribution in [0.5, 0.6) is 0 Å². The summed E-state index contributed by atoms with van der Waals surface area (Å²) in [6.07, 6.45) is 2.00. The van der Waals surface area contributed by atoms with Crippen LogP contribution in [0.1, 0.15) is 13.8 Å². The first-order chi connectivity index (χ1) is 2.41. The zero-order valence-corrected chi connectivity index (χ0v) is 4.57. The molecular weight excluding hydrogens is 70.9 g/mol. The number of hydrogen-bond donors (Lipinski definition) is 0. The van der Waals surface area contributed by atoms with Gasteiger partial charge in [-0.25, -0.2) is 0 Å². The van der Waals surface area contributed by atoms with E-state index in [4.69, 9.17) is 0 Å². The minimum absolute atomic E-state index is 0. The first-order valence-corrected chi connectivity index (χ1v) is 1.65. The van der Waals surface area contributed by atoms with E-state index >= 15 is 0 Å². The summed E-state index contributed by atoms with van der Waals surface area (Å²) >= 11 is 0. The van der Waals surface area contributed by atoms with Gasteiger partial charge in [-0.05, 0) is 0 Å². The molecule has 0 unspecified atom stereocenters. The molecule has 0 fully saturated rings. The van der Waals surface area contributed by atoms with E-state index in [1.807, 2.05) is 20.3 Å². The van der Waals surface area contributed by atoms with Gasteiger partial charge in [-0.15, -0.1) is 13.2 Å². The first-order valence-electron chi connectivity index (χ1n) is 1.65. The minimum Gasteiger partial charge on any atom is -1.00 e. The van der Waals surface area contributed by atoms with Crippen LogP contribution in [0, 0.1) is 6.42 Å². The van der Waals surface area contributed by atoms with Crippen molar-refractivity contribution in [2.24, 2.45) is 0 Å². The highest BCUT2D eigenvalue weighted by Crippen LogP contribution is 1.53. The van der Waals surface area contributed by atoms with E-state index in [0.29, 0.717) is 0 Å². The van der Waals surface area contributed by atoms with E-state index in [-0.39, 0.29) is 8.41 Å². The quantitative estimate of drug-likeness (QED) is 0.237. The maximum atomic E-state index is 3.00. The van der Waals surface area contributed by atoms with Gasteiger partial charge in [-0.3, -0.25) is 0 Å². The minimum atomic E-state index is 0. The van der Waals surface area contributed by atoms with Crippen molar-refractivity contribution < 1.29 is 0 Å². The Labute approximate surface area is 42.8 Å². The number of hydrogen-bond acceptors (Lipinski definition) is 0. The van der Waals surface area contributed by atoms with Gasteiger partial charge in [-0.2, -0.15) is 0 Å². The molecule has 0 N–H and O–H groups in total. The van der Waals surface area contributed by atoms with Gasteiger partial charge >= 0.3 is 0 Å². The van der Waals surface area contributed by atoms with E-state index in [1.54, 1.807) is 0 Å². The Morgan fingerprint density at radius 3 is 1.17 bits per heavy atom. The van der Waals surface area contributed by atoms with E-state index in [0.717, 1.165) is 0 Å². The molecule has 0 amide bonds. The van der Waals surface area contributed by atoms with Crippen molar-refractivity contribution in [2.75, 3.05) is 0 Å². The van der Waals surface area contributed by atoms with Gasteiger partial charge in [0.25, 0.3) is 0 Å². The van der Waals surface area contributed by atoms with E-state index in [9.17, 15) is 0 Å². The van der Waals surface area contributed by atoms with Crippen LogP contribution in [0.4, 0.5) is 0 Å². The third-order valence-corrected chi connectivity index (χ3v) is 0. The average molecular weight is 82.0 g/mol. The van der Waals surface area contributed by atoms with Crippen molar-refractivity contribution in [2.45, 2.75) is 13.8 Å². The molecular formula is C5H11B. The monoisotopic (exact) mass is 82.1 g/mol. The molecule has 0 nitrogen and oxygen atoms in total. The van der Waals surface area contributed by atoms with Crippen molar-refractivity contribution in [3.63, 3.8) is 0 Å².